The van der Waals surface area contributed by atoms with Crippen LogP contribution in [0.3, 0.4) is 0 Å². The Balaban J connectivity index is 1.52. The first-order valence-corrected chi connectivity index (χ1v) is 7.89. The van der Waals surface area contributed by atoms with Crippen LogP contribution in [0.2, 0.25) is 0 Å². The summed E-state index contributed by atoms with van der Waals surface area (Å²) >= 11 is 0. The van der Waals surface area contributed by atoms with Crippen LogP contribution in [0.1, 0.15) is 62.2 Å². The molecule has 1 aromatic heterocycles. The molecule has 0 amide bonds. The molecule has 2 aliphatic carbocycles. The van der Waals surface area contributed by atoms with Crippen molar-refractivity contribution in [1.82, 2.24) is 4.57 Å². The zero-order chi connectivity index (χ0) is 13.1. The zero-order valence-electron chi connectivity index (χ0n) is 11.8. The molecule has 0 saturated heterocycles. The van der Waals surface area contributed by atoms with Crippen molar-refractivity contribution in [1.29, 1.82) is 0 Å². The lowest BCUT2D eigenvalue weighted by Gasteiger charge is -2.23. The van der Waals surface area contributed by atoms with E-state index in [-0.39, 0.29) is 6.04 Å². The molecule has 3 rings (SSSR count). The fraction of sp³-hybridized carbons (Fsp3) is 0.750. The number of nitrogens with two attached hydrogens (primary N) is 1. The van der Waals surface area contributed by atoms with Gasteiger partial charge in [0.2, 0.25) is 0 Å². The second kappa shape index (κ2) is 6.10. The molecule has 1 heterocycles. The third-order valence-electron chi connectivity index (χ3n) is 4.68. The quantitative estimate of drug-likeness (QED) is 0.905. The largest absolute Gasteiger partial charge is 0.376 e. The van der Waals surface area contributed by atoms with Gasteiger partial charge in [-0.15, -0.1) is 0 Å². The van der Waals surface area contributed by atoms with Crippen molar-refractivity contribution in [2.45, 2.75) is 70.1 Å². The molecule has 0 radical (unpaired) electrons. The van der Waals surface area contributed by atoms with E-state index >= 15 is 0 Å². The van der Waals surface area contributed by atoms with Crippen LogP contribution in [0.5, 0.6) is 0 Å². The van der Waals surface area contributed by atoms with Gasteiger partial charge in [0.15, 0.2) is 0 Å². The summed E-state index contributed by atoms with van der Waals surface area (Å²) in [6, 6.07) is 2.46. The van der Waals surface area contributed by atoms with Crippen LogP contribution in [0.15, 0.2) is 12.3 Å². The molecule has 3 heteroatoms. The lowest BCUT2D eigenvalue weighted by molar-refractivity contribution is 0.0238. The number of aromatic nitrogens is 1. The summed E-state index contributed by atoms with van der Waals surface area (Å²) in [7, 11) is 0. The molecule has 106 valence electrons. The Labute approximate surface area is 116 Å². The molecule has 1 unspecified atom stereocenters. The SMILES string of the molecule is NC1CCCc2c1ccn2CCOC1CCCCC1. The van der Waals surface area contributed by atoms with Gasteiger partial charge in [-0.2, -0.15) is 0 Å². The van der Waals surface area contributed by atoms with Crippen molar-refractivity contribution >= 4 is 0 Å². The summed E-state index contributed by atoms with van der Waals surface area (Å²) in [5.41, 5.74) is 8.98. The fourth-order valence-corrected chi connectivity index (χ4v) is 3.55. The van der Waals surface area contributed by atoms with E-state index in [1.165, 1.54) is 56.2 Å². The average molecular weight is 262 g/mol. The predicted molar refractivity (Wildman–Crippen MR) is 77.1 cm³/mol. The number of fused-ring (bicyclic) bond motifs is 1. The van der Waals surface area contributed by atoms with Gasteiger partial charge >= 0.3 is 0 Å². The molecule has 0 bridgehead atoms. The van der Waals surface area contributed by atoms with Crippen molar-refractivity contribution in [3.05, 3.63) is 23.5 Å². The minimum absolute atomic E-state index is 0.254. The third kappa shape index (κ3) is 3.03. The molecule has 0 aliphatic heterocycles. The van der Waals surface area contributed by atoms with Crippen molar-refractivity contribution in [3.63, 3.8) is 0 Å². The van der Waals surface area contributed by atoms with Crippen LogP contribution in [0.4, 0.5) is 0 Å². The van der Waals surface area contributed by atoms with Gasteiger partial charge in [0.1, 0.15) is 0 Å². The van der Waals surface area contributed by atoms with Crippen LogP contribution >= 0.6 is 0 Å². The summed E-state index contributed by atoms with van der Waals surface area (Å²) in [4.78, 5) is 0. The van der Waals surface area contributed by atoms with E-state index < -0.39 is 0 Å². The second-order valence-electron chi connectivity index (χ2n) is 6.04. The van der Waals surface area contributed by atoms with Crippen molar-refractivity contribution in [2.75, 3.05) is 6.61 Å². The highest BCUT2D eigenvalue weighted by atomic mass is 16.5. The van der Waals surface area contributed by atoms with Crippen LogP contribution < -0.4 is 5.73 Å². The van der Waals surface area contributed by atoms with Gasteiger partial charge < -0.3 is 15.0 Å². The summed E-state index contributed by atoms with van der Waals surface area (Å²) in [5.74, 6) is 0. The molecule has 1 atom stereocenters. The Morgan fingerprint density at radius 1 is 1.16 bits per heavy atom. The topological polar surface area (TPSA) is 40.2 Å². The summed E-state index contributed by atoms with van der Waals surface area (Å²) in [5, 5.41) is 0. The van der Waals surface area contributed by atoms with Crippen LogP contribution in [0.25, 0.3) is 0 Å². The molecule has 1 aromatic rings. The molecular weight excluding hydrogens is 236 g/mol. The van der Waals surface area contributed by atoms with Gasteiger partial charge in [0.25, 0.3) is 0 Å². The Kier molecular flexibility index (Phi) is 4.24. The van der Waals surface area contributed by atoms with E-state index in [2.05, 4.69) is 16.8 Å². The first kappa shape index (κ1) is 13.2. The molecule has 19 heavy (non-hydrogen) atoms. The molecule has 2 N–H and O–H groups in total. The molecule has 3 nitrogen and oxygen atoms in total. The smallest absolute Gasteiger partial charge is 0.0649 e. The molecule has 0 spiro atoms. The normalized spacial score (nSPS) is 24.4. The maximum atomic E-state index is 6.16. The summed E-state index contributed by atoms with van der Waals surface area (Å²) in [6.45, 7) is 1.83. The second-order valence-corrected chi connectivity index (χ2v) is 6.04. The summed E-state index contributed by atoms with van der Waals surface area (Å²) in [6.07, 6.45) is 12.8. The Bertz CT molecular complexity index is 407. The maximum Gasteiger partial charge on any atom is 0.0649 e. The lowest BCUT2D eigenvalue weighted by Crippen LogP contribution is -2.21. The van der Waals surface area contributed by atoms with Gasteiger partial charge in [0.05, 0.1) is 12.7 Å². The van der Waals surface area contributed by atoms with Crippen LogP contribution in [0, 0.1) is 0 Å². The van der Waals surface area contributed by atoms with Crippen molar-refractivity contribution in [2.24, 2.45) is 5.73 Å². The standard InChI is InChI=1S/C16H26N2O/c17-15-7-4-8-16-14(15)9-10-18(16)11-12-19-13-5-2-1-3-6-13/h9-10,13,15H,1-8,11-12,17H2. The minimum atomic E-state index is 0.254. The van der Waals surface area contributed by atoms with Crippen molar-refractivity contribution in [3.8, 4) is 0 Å². The fourth-order valence-electron chi connectivity index (χ4n) is 3.55. The highest BCUT2D eigenvalue weighted by molar-refractivity contribution is 5.28. The van der Waals surface area contributed by atoms with Crippen LogP contribution in [-0.4, -0.2) is 17.3 Å². The van der Waals surface area contributed by atoms with Gasteiger partial charge in [-0.25, -0.2) is 0 Å². The van der Waals surface area contributed by atoms with E-state index in [9.17, 15) is 0 Å². The van der Waals surface area contributed by atoms with E-state index in [1.807, 2.05) is 0 Å². The number of hydrogen-bond donors (Lipinski definition) is 1. The average Bonchev–Trinajstić information content (AvgIpc) is 2.85. The maximum absolute atomic E-state index is 6.16. The van der Waals surface area contributed by atoms with E-state index in [1.54, 1.807) is 0 Å². The molecule has 1 fully saturated rings. The van der Waals surface area contributed by atoms with Gasteiger partial charge in [-0.1, -0.05) is 19.3 Å². The van der Waals surface area contributed by atoms with Gasteiger partial charge in [-0.3, -0.25) is 0 Å². The minimum Gasteiger partial charge on any atom is -0.376 e. The van der Waals surface area contributed by atoms with Crippen molar-refractivity contribution < 1.29 is 4.74 Å². The Morgan fingerprint density at radius 3 is 2.84 bits per heavy atom. The number of hydrogen-bond acceptors (Lipinski definition) is 2. The van der Waals surface area contributed by atoms with E-state index in [0.717, 1.165) is 19.6 Å². The first-order valence-electron chi connectivity index (χ1n) is 7.89. The van der Waals surface area contributed by atoms with E-state index in [4.69, 9.17) is 10.5 Å². The molecule has 0 aromatic carbocycles. The zero-order valence-corrected chi connectivity index (χ0v) is 11.8. The molecule has 2 aliphatic rings. The first-order chi connectivity index (χ1) is 9.34. The number of ether oxygens (including phenoxy) is 1. The Hall–Kier alpha value is -0.800. The highest BCUT2D eigenvalue weighted by Crippen LogP contribution is 2.28. The molecular formula is C16H26N2O. The van der Waals surface area contributed by atoms with E-state index in [0.29, 0.717) is 6.10 Å². The molecule has 1 saturated carbocycles. The van der Waals surface area contributed by atoms with Gasteiger partial charge in [0, 0.05) is 24.5 Å². The lowest BCUT2D eigenvalue weighted by atomic mass is 9.94. The highest BCUT2D eigenvalue weighted by Gasteiger charge is 2.20. The van der Waals surface area contributed by atoms with Crippen LogP contribution in [-0.2, 0) is 17.7 Å². The number of nitrogens with zero attached hydrogens (tertiary/aromatic N) is 1. The van der Waals surface area contributed by atoms with Gasteiger partial charge in [-0.05, 0) is 43.7 Å². The Morgan fingerprint density at radius 2 is 2.00 bits per heavy atom. The third-order valence-corrected chi connectivity index (χ3v) is 4.68. The predicted octanol–water partition coefficient (Wildman–Crippen LogP) is 3.17. The monoisotopic (exact) mass is 262 g/mol. The summed E-state index contributed by atoms with van der Waals surface area (Å²) < 4.78 is 8.38. The number of rotatable bonds is 4.